The van der Waals surface area contributed by atoms with Gasteiger partial charge in [-0.2, -0.15) is 0 Å². The lowest BCUT2D eigenvalue weighted by atomic mass is 10.1. The van der Waals surface area contributed by atoms with Crippen molar-refractivity contribution < 1.29 is 8.78 Å². The highest BCUT2D eigenvalue weighted by Crippen LogP contribution is 2.28. The number of imidazole rings is 1. The molecule has 0 aliphatic rings. The molecule has 0 atom stereocenters. The molecule has 0 aliphatic carbocycles. The van der Waals surface area contributed by atoms with Crippen LogP contribution in [0.3, 0.4) is 0 Å². The Labute approximate surface area is 97.7 Å². The molecular formula is C12H13F2N3. The lowest BCUT2D eigenvalue weighted by molar-refractivity contribution is 0.590. The van der Waals surface area contributed by atoms with E-state index in [0.29, 0.717) is 6.42 Å². The largest absolute Gasteiger partial charge is 0.396 e. The van der Waals surface area contributed by atoms with Gasteiger partial charge in [0.05, 0.1) is 16.9 Å². The molecule has 0 unspecified atom stereocenters. The predicted molar refractivity (Wildman–Crippen MR) is 62.5 cm³/mol. The number of nitrogens with one attached hydrogen (secondary N) is 1. The lowest BCUT2D eigenvalue weighted by Crippen LogP contribution is -1.98. The Kier molecular flexibility index (Phi) is 2.83. The van der Waals surface area contributed by atoms with Crippen molar-refractivity contribution in [2.24, 2.45) is 0 Å². The topological polar surface area (TPSA) is 54.7 Å². The van der Waals surface area contributed by atoms with Gasteiger partial charge in [0.1, 0.15) is 11.6 Å². The molecule has 17 heavy (non-hydrogen) atoms. The molecule has 2 aromatic rings. The second kappa shape index (κ2) is 4.16. The first-order valence-corrected chi connectivity index (χ1v) is 5.34. The van der Waals surface area contributed by atoms with E-state index in [4.69, 9.17) is 5.73 Å². The fourth-order valence-corrected chi connectivity index (χ4v) is 1.74. The zero-order chi connectivity index (χ0) is 12.6. The number of aromatic amines is 1. The van der Waals surface area contributed by atoms with E-state index in [9.17, 15) is 8.78 Å². The molecule has 0 aliphatic heterocycles. The van der Waals surface area contributed by atoms with Crippen LogP contribution in [0.2, 0.25) is 0 Å². The molecule has 0 fully saturated rings. The number of H-pyrrole nitrogens is 1. The maximum absolute atomic E-state index is 13.8. The van der Waals surface area contributed by atoms with E-state index in [1.165, 1.54) is 6.07 Å². The van der Waals surface area contributed by atoms with Crippen molar-refractivity contribution in [1.82, 2.24) is 9.97 Å². The molecule has 0 saturated carbocycles. The average Bonchev–Trinajstić information content (AvgIpc) is 2.65. The van der Waals surface area contributed by atoms with Gasteiger partial charge in [0, 0.05) is 5.69 Å². The molecule has 1 aromatic carbocycles. The number of nitrogen functional groups attached to an aromatic ring is 1. The Morgan fingerprint density at radius 1 is 1.35 bits per heavy atom. The summed E-state index contributed by atoms with van der Waals surface area (Å²) in [5.41, 5.74) is 6.73. The minimum Gasteiger partial charge on any atom is -0.396 e. The Morgan fingerprint density at radius 3 is 2.65 bits per heavy atom. The van der Waals surface area contributed by atoms with Crippen LogP contribution in [-0.4, -0.2) is 9.97 Å². The van der Waals surface area contributed by atoms with Gasteiger partial charge in [-0.1, -0.05) is 6.92 Å². The third-order valence-corrected chi connectivity index (χ3v) is 2.68. The Balaban J connectivity index is 2.63. The fraction of sp³-hybridized carbons (Fsp3) is 0.250. The number of anilines is 1. The van der Waals surface area contributed by atoms with E-state index >= 15 is 0 Å². The number of hydrogen-bond acceptors (Lipinski definition) is 2. The summed E-state index contributed by atoms with van der Waals surface area (Å²) in [6.07, 6.45) is 0.702. The third kappa shape index (κ3) is 1.88. The van der Waals surface area contributed by atoms with E-state index < -0.39 is 11.6 Å². The van der Waals surface area contributed by atoms with Crippen molar-refractivity contribution >= 4 is 5.69 Å². The van der Waals surface area contributed by atoms with Gasteiger partial charge >= 0.3 is 0 Å². The summed E-state index contributed by atoms with van der Waals surface area (Å²) in [6.45, 7) is 3.75. The van der Waals surface area contributed by atoms with Crippen LogP contribution < -0.4 is 5.73 Å². The standard InChI is InChI=1S/C12H13F2N3/c1-3-9-6(2)16-12(17-9)10-7(13)4-5-8(15)11(10)14/h4-5H,3,15H2,1-2H3,(H,16,17). The van der Waals surface area contributed by atoms with Gasteiger partial charge in [0.2, 0.25) is 0 Å². The highest BCUT2D eigenvalue weighted by Gasteiger charge is 2.18. The van der Waals surface area contributed by atoms with E-state index in [0.717, 1.165) is 17.5 Å². The number of halogens is 2. The zero-order valence-corrected chi connectivity index (χ0v) is 9.64. The number of rotatable bonds is 2. The number of aromatic nitrogens is 2. The van der Waals surface area contributed by atoms with Crippen LogP contribution in [-0.2, 0) is 6.42 Å². The van der Waals surface area contributed by atoms with Crippen LogP contribution in [0.1, 0.15) is 18.3 Å². The summed E-state index contributed by atoms with van der Waals surface area (Å²) in [6, 6.07) is 2.34. The van der Waals surface area contributed by atoms with Gasteiger partial charge in [-0.05, 0) is 25.5 Å². The smallest absolute Gasteiger partial charge is 0.159 e. The highest BCUT2D eigenvalue weighted by atomic mass is 19.1. The SMILES string of the molecule is CCc1nc(-c2c(F)ccc(N)c2F)[nH]c1C. The van der Waals surface area contributed by atoms with Crippen LogP contribution in [0.5, 0.6) is 0 Å². The molecule has 90 valence electrons. The van der Waals surface area contributed by atoms with E-state index in [1.54, 1.807) is 0 Å². The number of nitrogens with zero attached hydrogens (tertiary/aromatic N) is 1. The minimum atomic E-state index is -0.776. The molecule has 0 radical (unpaired) electrons. The maximum atomic E-state index is 13.8. The van der Waals surface area contributed by atoms with Gasteiger partial charge in [0.25, 0.3) is 0 Å². The van der Waals surface area contributed by atoms with Gasteiger partial charge in [0.15, 0.2) is 5.82 Å². The van der Waals surface area contributed by atoms with Crippen molar-refractivity contribution in [3.8, 4) is 11.4 Å². The molecule has 3 N–H and O–H groups in total. The molecular weight excluding hydrogens is 224 g/mol. The van der Waals surface area contributed by atoms with Crippen LogP contribution in [0, 0.1) is 18.6 Å². The molecule has 0 spiro atoms. The van der Waals surface area contributed by atoms with Crippen molar-refractivity contribution in [2.45, 2.75) is 20.3 Å². The monoisotopic (exact) mass is 237 g/mol. The van der Waals surface area contributed by atoms with Crippen molar-refractivity contribution in [1.29, 1.82) is 0 Å². The van der Waals surface area contributed by atoms with E-state index in [-0.39, 0.29) is 17.1 Å². The van der Waals surface area contributed by atoms with Crippen LogP contribution >= 0.6 is 0 Å². The van der Waals surface area contributed by atoms with Crippen molar-refractivity contribution in [3.63, 3.8) is 0 Å². The molecule has 1 aromatic heterocycles. The average molecular weight is 237 g/mol. The summed E-state index contributed by atoms with van der Waals surface area (Å²) in [5.74, 6) is -1.27. The molecule has 3 nitrogen and oxygen atoms in total. The first kappa shape index (κ1) is 11.6. The molecule has 5 heteroatoms. The van der Waals surface area contributed by atoms with Gasteiger partial charge in [-0.15, -0.1) is 0 Å². The van der Waals surface area contributed by atoms with E-state index in [1.807, 2.05) is 13.8 Å². The Morgan fingerprint density at radius 2 is 2.06 bits per heavy atom. The summed E-state index contributed by atoms with van der Waals surface area (Å²) in [5, 5.41) is 0. The molecule has 0 amide bonds. The first-order chi connectivity index (χ1) is 8.04. The lowest BCUT2D eigenvalue weighted by Gasteiger charge is -2.03. The molecule has 2 rings (SSSR count). The second-order valence-corrected chi connectivity index (χ2v) is 3.84. The first-order valence-electron chi connectivity index (χ1n) is 5.34. The molecule has 1 heterocycles. The third-order valence-electron chi connectivity index (χ3n) is 2.68. The number of aryl methyl sites for hydroxylation is 2. The zero-order valence-electron chi connectivity index (χ0n) is 9.64. The second-order valence-electron chi connectivity index (χ2n) is 3.84. The maximum Gasteiger partial charge on any atom is 0.159 e. The number of hydrogen-bond donors (Lipinski definition) is 2. The van der Waals surface area contributed by atoms with Gasteiger partial charge < -0.3 is 10.7 Å². The number of benzene rings is 1. The van der Waals surface area contributed by atoms with Crippen LogP contribution in [0.4, 0.5) is 14.5 Å². The minimum absolute atomic E-state index is 0.0894. The summed E-state index contributed by atoms with van der Waals surface area (Å²) in [4.78, 5) is 7.04. The highest BCUT2D eigenvalue weighted by molar-refractivity contribution is 5.64. The van der Waals surface area contributed by atoms with Crippen molar-refractivity contribution in [3.05, 3.63) is 35.2 Å². The molecule has 0 saturated heterocycles. The summed E-state index contributed by atoms with van der Waals surface area (Å²) in [7, 11) is 0. The predicted octanol–water partition coefficient (Wildman–Crippen LogP) is 2.81. The summed E-state index contributed by atoms with van der Waals surface area (Å²) < 4.78 is 27.4. The van der Waals surface area contributed by atoms with Crippen LogP contribution in [0.25, 0.3) is 11.4 Å². The quantitative estimate of drug-likeness (QED) is 0.789. The van der Waals surface area contributed by atoms with Crippen molar-refractivity contribution in [2.75, 3.05) is 5.73 Å². The summed E-state index contributed by atoms with van der Waals surface area (Å²) >= 11 is 0. The van der Waals surface area contributed by atoms with Gasteiger partial charge in [-0.3, -0.25) is 0 Å². The van der Waals surface area contributed by atoms with Gasteiger partial charge in [-0.25, -0.2) is 13.8 Å². The fourth-order valence-electron chi connectivity index (χ4n) is 1.74. The Hall–Kier alpha value is -1.91. The molecule has 0 bridgehead atoms. The van der Waals surface area contributed by atoms with E-state index in [2.05, 4.69) is 9.97 Å². The Bertz CT molecular complexity index is 561. The van der Waals surface area contributed by atoms with Crippen LogP contribution in [0.15, 0.2) is 12.1 Å². The number of nitrogens with two attached hydrogens (primary N) is 1. The normalized spacial score (nSPS) is 10.8.